The molecule has 1 aromatic heterocycles. The van der Waals surface area contributed by atoms with Crippen molar-refractivity contribution in [2.45, 2.75) is 71.5 Å². The van der Waals surface area contributed by atoms with E-state index in [2.05, 4.69) is 11.4 Å². The maximum Gasteiger partial charge on any atom is 0.270 e. The van der Waals surface area contributed by atoms with Gasteiger partial charge in [-0.15, -0.1) is 0 Å². The van der Waals surface area contributed by atoms with Crippen LogP contribution in [0.2, 0.25) is 5.02 Å². The van der Waals surface area contributed by atoms with Crippen LogP contribution in [0.1, 0.15) is 67.7 Å². The number of nitrogens with one attached hydrogen (secondary N) is 1. The van der Waals surface area contributed by atoms with E-state index in [-0.39, 0.29) is 23.1 Å². The molecule has 6 nitrogen and oxygen atoms in total. The SMILES string of the molecule is CCCn1c(NCc2ccccc2Cl)c(/C=C2/SC(=S)N(C3CCCCC3)C2=O)c(C)c(C#N)c1=O. The first kappa shape index (κ1) is 26.5. The Hall–Kier alpha value is -2.60. The van der Waals surface area contributed by atoms with E-state index in [0.717, 1.165) is 31.2 Å². The molecule has 0 unspecified atom stereocenters. The first-order valence-corrected chi connectivity index (χ1v) is 13.9. The summed E-state index contributed by atoms with van der Waals surface area (Å²) < 4.78 is 2.17. The Morgan fingerprint density at radius 3 is 2.64 bits per heavy atom. The Morgan fingerprint density at radius 2 is 1.97 bits per heavy atom. The van der Waals surface area contributed by atoms with E-state index in [9.17, 15) is 14.9 Å². The number of nitrogens with zero attached hydrogens (tertiary/aromatic N) is 3. The Kier molecular flexibility index (Phi) is 8.55. The van der Waals surface area contributed by atoms with Crippen molar-refractivity contribution in [3.63, 3.8) is 0 Å². The van der Waals surface area contributed by atoms with Crippen LogP contribution < -0.4 is 10.9 Å². The molecule has 0 atom stereocenters. The number of nitriles is 1. The minimum absolute atomic E-state index is 0.0840. The molecule has 0 spiro atoms. The van der Waals surface area contributed by atoms with Gasteiger partial charge in [-0.25, -0.2) is 0 Å². The highest BCUT2D eigenvalue weighted by molar-refractivity contribution is 8.26. The second kappa shape index (κ2) is 11.6. The standard InChI is InChI=1S/C27H29ClN4O2S2/c1-3-13-31-24(30-16-18-9-7-8-12-22(18)28)20(17(2)21(15-29)25(31)33)14-23-26(34)32(27(35)36-23)19-10-5-4-6-11-19/h7-9,12,14,19,30H,3-6,10-11,13,16H2,1-2H3/b23-14+. The van der Waals surface area contributed by atoms with Gasteiger partial charge in [0.05, 0.1) is 4.91 Å². The number of benzene rings is 1. The molecule has 9 heteroatoms. The third-order valence-corrected chi connectivity index (χ3v) is 8.46. The average Bonchev–Trinajstić information content (AvgIpc) is 3.15. The maximum atomic E-state index is 13.5. The third-order valence-electron chi connectivity index (χ3n) is 6.77. The summed E-state index contributed by atoms with van der Waals surface area (Å²) in [6.45, 7) is 4.55. The van der Waals surface area contributed by atoms with E-state index in [4.69, 9.17) is 23.8 Å². The topological polar surface area (TPSA) is 78.1 Å². The Balaban J connectivity index is 1.80. The van der Waals surface area contributed by atoms with E-state index in [0.29, 0.717) is 50.7 Å². The van der Waals surface area contributed by atoms with Crippen LogP contribution in [0.25, 0.3) is 6.08 Å². The number of amides is 1. The minimum Gasteiger partial charge on any atom is -0.367 e. The van der Waals surface area contributed by atoms with Crippen molar-refractivity contribution >= 4 is 57.7 Å². The van der Waals surface area contributed by atoms with Gasteiger partial charge in [0.15, 0.2) is 0 Å². The highest BCUT2D eigenvalue weighted by Gasteiger charge is 2.37. The molecule has 2 fully saturated rings. The normalized spacial score (nSPS) is 17.6. The highest BCUT2D eigenvalue weighted by atomic mass is 35.5. The summed E-state index contributed by atoms with van der Waals surface area (Å²) in [5.74, 6) is 0.473. The summed E-state index contributed by atoms with van der Waals surface area (Å²) in [5.41, 5.74) is 1.81. The molecule has 1 amide bonds. The molecule has 1 saturated heterocycles. The fourth-order valence-electron chi connectivity index (χ4n) is 4.88. The Morgan fingerprint density at radius 1 is 1.25 bits per heavy atom. The van der Waals surface area contributed by atoms with Crippen LogP contribution in [0, 0.1) is 18.3 Å². The summed E-state index contributed by atoms with van der Waals surface area (Å²) >= 11 is 13.3. The van der Waals surface area contributed by atoms with Crippen molar-refractivity contribution in [1.82, 2.24) is 9.47 Å². The molecule has 1 N–H and O–H groups in total. The fraction of sp³-hybridized carbons (Fsp3) is 0.407. The van der Waals surface area contributed by atoms with Gasteiger partial charge in [-0.2, -0.15) is 5.26 Å². The van der Waals surface area contributed by atoms with Crippen LogP contribution in [0.15, 0.2) is 34.0 Å². The lowest BCUT2D eigenvalue weighted by Crippen LogP contribution is -2.39. The van der Waals surface area contributed by atoms with Gasteiger partial charge < -0.3 is 5.32 Å². The van der Waals surface area contributed by atoms with E-state index < -0.39 is 0 Å². The molecule has 1 aliphatic carbocycles. The summed E-state index contributed by atoms with van der Waals surface area (Å²) in [7, 11) is 0. The van der Waals surface area contributed by atoms with Gasteiger partial charge in [-0.05, 0) is 49.5 Å². The van der Waals surface area contributed by atoms with Gasteiger partial charge in [0.25, 0.3) is 11.5 Å². The van der Waals surface area contributed by atoms with Crippen molar-refractivity contribution in [1.29, 1.82) is 5.26 Å². The number of rotatable bonds is 7. The lowest BCUT2D eigenvalue weighted by molar-refractivity contribution is -0.124. The van der Waals surface area contributed by atoms with Gasteiger partial charge in [0.1, 0.15) is 21.8 Å². The van der Waals surface area contributed by atoms with Crippen LogP contribution in [0.4, 0.5) is 5.82 Å². The maximum absolute atomic E-state index is 13.5. The molecule has 1 aromatic carbocycles. The molecule has 2 aromatic rings. The van der Waals surface area contributed by atoms with E-state index in [1.54, 1.807) is 22.5 Å². The predicted molar refractivity (Wildman–Crippen MR) is 151 cm³/mol. The minimum atomic E-state index is -0.342. The zero-order valence-electron chi connectivity index (χ0n) is 20.5. The number of anilines is 1. The number of thiocarbonyl (C=S) groups is 1. The number of carbonyl (C=O) groups excluding carboxylic acids is 1. The first-order chi connectivity index (χ1) is 17.4. The molecular weight excluding hydrogens is 512 g/mol. The predicted octanol–water partition coefficient (Wildman–Crippen LogP) is 6.24. The lowest BCUT2D eigenvalue weighted by atomic mass is 9.94. The summed E-state index contributed by atoms with van der Waals surface area (Å²) in [4.78, 5) is 29.0. The fourth-order valence-corrected chi connectivity index (χ4v) is 6.46. The Labute approximate surface area is 226 Å². The van der Waals surface area contributed by atoms with Crippen LogP contribution in [-0.4, -0.2) is 25.7 Å². The molecular formula is C27H29ClN4O2S2. The van der Waals surface area contributed by atoms with Crippen LogP contribution in [0.3, 0.4) is 0 Å². The zero-order valence-corrected chi connectivity index (χ0v) is 22.9. The quantitative estimate of drug-likeness (QED) is 0.331. The van der Waals surface area contributed by atoms with Crippen molar-refractivity contribution in [2.24, 2.45) is 0 Å². The van der Waals surface area contributed by atoms with E-state index in [1.807, 2.05) is 31.2 Å². The van der Waals surface area contributed by atoms with Crippen molar-refractivity contribution in [2.75, 3.05) is 5.32 Å². The molecule has 188 valence electrons. The third kappa shape index (κ3) is 5.24. The Bertz CT molecular complexity index is 1320. The molecule has 2 aliphatic rings. The number of hydrogen-bond acceptors (Lipinski definition) is 6. The van der Waals surface area contributed by atoms with Crippen molar-refractivity contribution in [3.05, 3.63) is 66.8 Å². The van der Waals surface area contributed by atoms with Crippen LogP contribution in [-0.2, 0) is 17.9 Å². The molecule has 1 saturated carbocycles. The molecule has 0 radical (unpaired) electrons. The second-order valence-electron chi connectivity index (χ2n) is 9.12. The summed E-state index contributed by atoms with van der Waals surface area (Å²) in [5, 5.41) is 13.8. The van der Waals surface area contributed by atoms with E-state index in [1.165, 1.54) is 18.2 Å². The van der Waals surface area contributed by atoms with Gasteiger partial charge in [-0.3, -0.25) is 19.1 Å². The molecule has 2 heterocycles. The molecule has 4 rings (SSSR count). The molecule has 1 aliphatic heterocycles. The number of halogens is 1. The van der Waals surface area contributed by atoms with E-state index >= 15 is 0 Å². The summed E-state index contributed by atoms with van der Waals surface area (Å²) in [6.07, 6.45) is 7.81. The summed E-state index contributed by atoms with van der Waals surface area (Å²) in [6, 6.07) is 9.73. The van der Waals surface area contributed by atoms with Crippen molar-refractivity contribution < 1.29 is 4.79 Å². The van der Waals surface area contributed by atoms with Crippen LogP contribution >= 0.6 is 35.6 Å². The number of thioether (sulfide) groups is 1. The number of hydrogen-bond donors (Lipinski definition) is 1. The lowest BCUT2D eigenvalue weighted by Gasteiger charge is -2.29. The second-order valence-corrected chi connectivity index (χ2v) is 11.2. The van der Waals surface area contributed by atoms with Gasteiger partial charge >= 0.3 is 0 Å². The first-order valence-electron chi connectivity index (χ1n) is 12.3. The molecule has 0 bridgehead atoms. The monoisotopic (exact) mass is 540 g/mol. The highest BCUT2D eigenvalue weighted by Crippen LogP contribution is 2.38. The van der Waals surface area contributed by atoms with Gasteiger partial charge in [-0.1, -0.05) is 80.0 Å². The molecule has 36 heavy (non-hydrogen) atoms. The number of aromatic nitrogens is 1. The van der Waals surface area contributed by atoms with Gasteiger partial charge in [0, 0.05) is 29.7 Å². The zero-order chi connectivity index (χ0) is 25.8. The van der Waals surface area contributed by atoms with Gasteiger partial charge in [0.2, 0.25) is 0 Å². The number of carbonyl (C=O) groups is 1. The largest absolute Gasteiger partial charge is 0.367 e. The number of pyridine rings is 1. The van der Waals surface area contributed by atoms with Crippen molar-refractivity contribution in [3.8, 4) is 6.07 Å². The average molecular weight is 541 g/mol. The smallest absolute Gasteiger partial charge is 0.270 e. The van der Waals surface area contributed by atoms with Crippen LogP contribution in [0.5, 0.6) is 0 Å².